The van der Waals surface area contributed by atoms with Gasteiger partial charge in [-0.25, -0.2) is 4.98 Å². The molecule has 5 rings (SSSR count). The number of ether oxygens (including phenoxy) is 1. The molecule has 3 aliphatic rings. The lowest BCUT2D eigenvalue weighted by molar-refractivity contribution is -0.129. The number of carbonyl (C=O) groups is 2. The van der Waals surface area contributed by atoms with Crippen molar-refractivity contribution in [3.8, 4) is 0 Å². The van der Waals surface area contributed by atoms with E-state index in [9.17, 15) is 9.59 Å². The van der Waals surface area contributed by atoms with Gasteiger partial charge in [0.15, 0.2) is 0 Å². The zero-order chi connectivity index (χ0) is 26.3. The third-order valence-electron chi connectivity index (χ3n) is 8.05. The normalized spacial score (nSPS) is 20.0. The summed E-state index contributed by atoms with van der Waals surface area (Å²) in [6, 6.07) is 12.8. The van der Waals surface area contributed by atoms with E-state index in [1.807, 2.05) is 11.0 Å². The van der Waals surface area contributed by atoms with Gasteiger partial charge in [-0.1, -0.05) is 24.3 Å². The predicted molar refractivity (Wildman–Crippen MR) is 147 cm³/mol. The van der Waals surface area contributed by atoms with Crippen LogP contribution in [0.2, 0.25) is 0 Å². The molecule has 3 aliphatic heterocycles. The van der Waals surface area contributed by atoms with Crippen molar-refractivity contribution in [1.29, 1.82) is 0 Å². The number of piperidine rings is 1. The second-order valence-electron chi connectivity index (χ2n) is 10.6. The highest BCUT2D eigenvalue weighted by Crippen LogP contribution is 2.20. The molecule has 1 aromatic carbocycles. The minimum Gasteiger partial charge on any atom is -0.379 e. The zero-order valence-electron chi connectivity index (χ0n) is 22.4. The summed E-state index contributed by atoms with van der Waals surface area (Å²) >= 11 is 0. The van der Waals surface area contributed by atoms with E-state index in [2.05, 4.69) is 49.7 Å². The molecule has 1 unspecified atom stereocenters. The zero-order valence-corrected chi connectivity index (χ0v) is 22.4. The van der Waals surface area contributed by atoms with Crippen molar-refractivity contribution < 1.29 is 14.3 Å². The summed E-state index contributed by atoms with van der Waals surface area (Å²) in [7, 11) is 0. The van der Waals surface area contributed by atoms with Crippen molar-refractivity contribution in [3.63, 3.8) is 0 Å². The molecule has 2 amide bonds. The molecule has 9 nitrogen and oxygen atoms in total. The molecule has 38 heavy (non-hydrogen) atoms. The molecule has 4 heterocycles. The van der Waals surface area contributed by atoms with E-state index in [0.29, 0.717) is 17.9 Å². The first-order valence-electron chi connectivity index (χ1n) is 13.9. The standard InChI is InChI=1S/C29H40N6O3/c1-22(36)34-12-8-26(9-13-34)32-28-18-24(6-10-30-28)29(37)31-19-27(35-14-16-38-17-15-35)21-33-11-7-23-4-2-3-5-25(23)20-33/h2-6,10,18,26-27H,7-9,11-17,19-21H2,1H3,(H,30,32)(H,31,37). The van der Waals surface area contributed by atoms with Gasteiger partial charge in [-0.05, 0) is 42.5 Å². The average Bonchev–Trinajstić information content (AvgIpc) is 2.96. The number of anilines is 1. The summed E-state index contributed by atoms with van der Waals surface area (Å²) in [5, 5.41) is 6.66. The monoisotopic (exact) mass is 520 g/mol. The highest BCUT2D eigenvalue weighted by Gasteiger charge is 2.26. The number of pyridine rings is 1. The minimum atomic E-state index is -0.0795. The van der Waals surface area contributed by atoms with Gasteiger partial charge in [-0.2, -0.15) is 0 Å². The maximum atomic E-state index is 13.2. The van der Waals surface area contributed by atoms with Gasteiger partial charge < -0.3 is 20.3 Å². The molecule has 1 aromatic heterocycles. The van der Waals surface area contributed by atoms with E-state index < -0.39 is 0 Å². The first-order valence-corrected chi connectivity index (χ1v) is 13.9. The van der Waals surface area contributed by atoms with E-state index in [1.54, 1.807) is 19.2 Å². The minimum absolute atomic E-state index is 0.0795. The number of rotatable bonds is 8. The molecule has 0 aliphatic carbocycles. The summed E-state index contributed by atoms with van der Waals surface area (Å²) < 4.78 is 5.60. The molecule has 1 atom stereocenters. The Morgan fingerprint density at radius 3 is 2.58 bits per heavy atom. The maximum Gasteiger partial charge on any atom is 0.251 e. The summed E-state index contributed by atoms with van der Waals surface area (Å²) in [5.41, 5.74) is 3.47. The smallest absolute Gasteiger partial charge is 0.251 e. The molecule has 0 spiro atoms. The van der Waals surface area contributed by atoms with Gasteiger partial charge in [0.25, 0.3) is 5.91 Å². The summed E-state index contributed by atoms with van der Waals surface area (Å²) in [5.74, 6) is 0.750. The average molecular weight is 521 g/mol. The number of likely N-dealkylation sites (tertiary alicyclic amines) is 1. The Morgan fingerprint density at radius 1 is 1.05 bits per heavy atom. The van der Waals surface area contributed by atoms with Gasteiger partial charge >= 0.3 is 0 Å². The van der Waals surface area contributed by atoms with Crippen molar-refractivity contribution >= 4 is 17.6 Å². The molecule has 2 N–H and O–H groups in total. The van der Waals surface area contributed by atoms with Gasteiger partial charge in [0.1, 0.15) is 5.82 Å². The van der Waals surface area contributed by atoms with E-state index >= 15 is 0 Å². The first kappa shape index (κ1) is 26.6. The lowest BCUT2D eigenvalue weighted by Gasteiger charge is -2.39. The molecule has 0 bridgehead atoms. The van der Waals surface area contributed by atoms with E-state index in [-0.39, 0.29) is 23.9 Å². The SMILES string of the molecule is CC(=O)N1CCC(Nc2cc(C(=O)NCC(CN3CCc4ccccc4C3)N3CCOCC3)ccn2)CC1. The van der Waals surface area contributed by atoms with Gasteiger partial charge in [-0.3, -0.25) is 19.4 Å². The second kappa shape index (κ2) is 12.7. The number of hydrogen-bond acceptors (Lipinski definition) is 7. The fourth-order valence-electron chi connectivity index (χ4n) is 5.77. The van der Waals surface area contributed by atoms with Crippen LogP contribution in [-0.4, -0.2) is 103 Å². The second-order valence-corrected chi connectivity index (χ2v) is 10.6. The molecule has 0 saturated carbocycles. The number of benzene rings is 1. The molecule has 9 heteroatoms. The number of aromatic nitrogens is 1. The highest BCUT2D eigenvalue weighted by molar-refractivity contribution is 5.94. The Hall–Kier alpha value is -3.01. The van der Waals surface area contributed by atoms with Gasteiger partial charge in [-0.15, -0.1) is 0 Å². The van der Waals surface area contributed by atoms with Crippen molar-refractivity contribution in [2.45, 2.75) is 44.8 Å². The van der Waals surface area contributed by atoms with Crippen LogP contribution in [0, 0.1) is 0 Å². The van der Waals surface area contributed by atoms with Crippen LogP contribution >= 0.6 is 0 Å². The molecule has 2 saturated heterocycles. The third kappa shape index (κ3) is 6.89. The Morgan fingerprint density at radius 2 is 1.82 bits per heavy atom. The molecule has 2 aromatic rings. The summed E-state index contributed by atoms with van der Waals surface area (Å²) in [4.78, 5) is 36.1. The van der Waals surface area contributed by atoms with Crippen LogP contribution in [0.1, 0.15) is 41.3 Å². The fourth-order valence-corrected chi connectivity index (χ4v) is 5.77. The van der Waals surface area contributed by atoms with Crippen LogP contribution in [0.15, 0.2) is 42.6 Å². The quantitative estimate of drug-likeness (QED) is 0.550. The van der Waals surface area contributed by atoms with Crippen molar-refractivity contribution in [2.75, 3.05) is 64.3 Å². The highest BCUT2D eigenvalue weighted by atomic mass is 16.5. The Balaban J connectivity index is 1.17. The predicted octanol–water partition coefficient (Wildman–Crippen LogP) is 1.99. The number of hydrogen-bond donors (Lipinski definition) is 2. The number of morpholine rings is 1. The largest absolute Gasteiger partial charge is 0.379 e. The Labute approximate surface area is 225 Å². The number of nitrogens with zero attached hydrogens (tertiary/aromatic N) is 4. The van der Waals surface area contributed by atoms with Crippen molar-refractivity contribution in [1.82, 2.24) is 25.0 Å². The van der Waals surface area contributed by atoms with Crippen LogP contribution in [-0.2, 0) is 22.5 Å². The summed E-state index contributed by atoms with van der Waals surface area (Å²) in [6.07, 6.45) is 4.51. The van der Waals surface area contributed by atoms with E-state index in [4.69, 9.17) is 4.74 Å². The summed E-state index contributed by atoms with van der Waals surface area (Å²) in [6.45, 7) is 9.85. The van der Waals surface area contributed by atoms with Crippen LogP contribution in [0.3, 0.4) is 0 Å². The van der Waals surface area contributed by atoms with Gasteiger partial charge in [0.2, 0.25) is 5.91 Å². The van der Waals surface area contributed by atoms with Gasteiger partial charge in [0.05, 0.1) is 13.2 Å². The molecule has 0 radical (unpaired) electrons. The molecule has 2 fully saturated rings. The van der Waals surface area contributed by atoms with Crippen molar-refractivity contribution in [2.24, 2.45) is 0 Å². The topological polar surface area (TPSA) is 90.0 Å². The lowest BCUT2D eigenvalue weighted by atomic mass is 9.99. The van der Waals surface area contributed by atoms with Crippen LogP contribution in [0.4, 0.5) is 5.82 Å². The van der Waals surface area contributed by atoms with Crippen molar-refractivity contribution in [3.05, 3.63) is 59.3 Å². The fraction of sp³-hybridized carbons (Fsp3) is 0.552. The van der Waals surface area contributed by atoms with E-state index in [1.165, 1.54) is 11.1 Å². The number of carbonyl (C=O) groups excluding carboxylic acids is 2. The van der Waals surface area contributed by atoms with Crippen LogP contribution < -0.4 is 10.6 Å². The Kier molecular flexibility index (Phi) is 8.88. The number of fused-ring (bicyclic) bond motifs is 1. The van der Waals surface area contributed by atoms with E-state index in [0.717, 1.165) is 78.3 Å². The Bertz CT molecular complexity index is 1100. The maximum absolute atomic E-state index is 13.2. The molecule has 204 valence electrons. The van der Waals surface area contributed by atoms with Crippen LogP contribution in [0.5, 0.6) is 0 Å². The third-order valence-corrected chi connectivity index (χ3v) is 8.05. The van der Waals surface area contributed by atoms with Crippen LogP contribution in [0.25, 0.3) is 0 Å². The lowest BCUT2D eigenvalue weighted by Crippen LogP contribution is -2.54. The number of amides is 2. The van der Waals surface area contributed by atoms with Gasteiger partial charge in [0, 0.05) is 83.1 Å². The number of nitrogens with one attached hydrogen (secondary N) is 2. The first-order chi connectivity index (χ1) is 18.5. The molecular formula is C29H40N6O3. The molecular weight excluding hydrogens is 480 g/mol.